The van der Waals surface area contributed by atoms with E-state index in [1.54, 1.807) is 24.3 Å². The molecule has 0 bridgehead atoms. The van der Waals surface area contributed by atoms with E-state index in [1.807, 2.05) is 6.07 Å². The van der Waals surface area contributed by atoms with Crippen LogP contribution in [0.15, 0.2) is 30.3 Å². The molecular weight excluding hydrogens is 213 g/mol. The number of nitrogens with two attached hydrogens (primary N) is 1. The van der Waals surface area contributed by atoms with Crippen LogP contribution in [0.2, 0.25) is 0 Å². The van der Waals surface area contributed by atoms with Crippen LogP contribution in [0, 0.1) is 0 Å². The molecule has 0 aliphatic heterocycles. The molecular formula is C8H13Cl2NO2. The lowest BCUT2D eigenvalue weighted by Gasteiger charge is -2.18. The molecule has 0 aliphatic carbocycles. The summed E-state index contributed by atoms with van der Waals surface area (Å²) in [6.45, 7) is 1.38. The van der Waals surface area contributed by atoms with E-state index in [4.69, 9.17) is 15.6 Å². The molecule has 1 unspecified atom stereocenters. The average molecular weight is 226 g/mol. The van der Waals surface area contributed by atoms with Crippen molar-refractivity contribution in [1.82, 2.24) is 0 Å². The molecule has 0 aromatic heterocycles. The van der Waals surface area contributed by atoms with Gasteiger partial charge in [0.25, 0.3) is 5.91 Å². The van der Waals surface area contributed by atoms with Crippen LogP contribution in [0.1, 0.15) is 6.92 Å². The van der Waals surface area contributed by atoms with Gasteiger partial charge in [0.15, 0.2) is 0 Å². The highest BCUT2D eigenvalue weighted by atomic mass is 35.5. The molecule has 0 saturated heterocycles. The van der Waals surface area contributed by atoms with Gasteiger partial charge in [0.1, 0.15) is 5.75 Å². The number of halogens is 2. The maximum Gasteiger partial charge on any atom is 0.262 e. The number of hydrogen-bond acceptors (Lipinski definition) is 3. The van der Waals surface area contributed by atoms with Crippen molar-refractivity contribution in [3.63, 3.8) is 0 Å². The minimum Gasteiger partial charge on any atom is -0.450 e. The third-order valence-electron chi connectivity index (χ3n) is 1.07. The number of aliphatic hydroxyl groups is 1. The first-order valence-corrected chi connectivity index (χ1v) is 3.33. The molecule has 0 aliphatic rings. The number of ether oxygens (including phenoxy) is 1. The zero-order valence-electron chi connectivity index (χ0n) is 7.14. The molecule has 0 amide bonds. The van der Waals surface area contributed by atoms with E-state index in [-0.39, 0.29) is 24.8 Å². The van der Waals surface area contributed by atoms with Crippen molar-refractivity contribution in [2.45, 2.75) is 12.8 Å². The summed E-state index contributed by atoms with van der Waals surface area (Å²) in [5, 5.41) is 9.03. The summed E-state index contributed by atoms with van der Waals surface area (Å²) < 4.78 is 4.94. The summed E-state index contributed by atoms with van der Waals surface area (Å²) >= 11 is 0. The summed E-state index contributed by atoms with van der Waals surface area (Å²) in [4.78, 5) is 0. The summed E-state index contributed by atoms with van der Waals surface area (Å²) in [6, 6.07) is 8.92. The van der Waals surface area contributed by atoms with Crippen molar-refractivity contribution < 1.29 is 9.84 Å². The van der Waals surface area contributed by atoms with Gasteiger partial charge >= 0.3 is 0 Å². The highest BCUT2D eigenvalue weighted by Gasteiger charge is 2.13. The van der Waals surface area contributed by atoms with Crippen LogP contribution in [-0.4, -0.2) is 11.0 Å². The zero-order valence-corrected chi connectivity index (χ0v) is 8.77. The summed E-state index contributed by atoms with van der Waals surface area (Å²) in [7, 11) is 0. The second kappa shape index (κ2) is 6.05. The predicted molar refractivity (Wildman–Crippen MR) is 56.4 cm³/mol. The average Bonchev–Trinajstić information content (AvgIpc) is 1.85. The normalized spacial score (nSPS) is 13.2. The Morgan fingerprint density at radius 2 is 1.69 bits per heavy atom. The summed E-state index contributed by atoms with van der Waals surface area (Å²) in [5.41, 5.74) is 5.20. The standard InChI is InChI=1S/C8H11NO2.2ClH/c1-8(9,10)11-7-5-3-2-4-6-7;;/h2-6,10H,9H2,1H3;2*1H. The second-order valence-corrected chi connectivity index (χ2v) is 2.47. The first-order valence-electron chi connectivity index (χ1n) is 3.33. The van der Waals surface area contributed by atoms with Crippen molar-refractivity contribution in [2.75, 3.05) is 0 Å². The Bertz CT molecular complexity index is 223. The van der Waals surface area contributed by atoms with Gasteiger partial charge in [-0.3, -0.25) is 5.73 Å². The molecule has 1 aromatic rings. The van der Waals surface area contributed by atoms with Crippen molar-refractivity contribution >= 4 is 24.8 Å². The van der Waals surface area contributed by atoms with E-state index in [0.29, 0.717) is 5.75 Å². The Balaban J connectivity index is 0. The maximum atomic E-state index is 9.03. The molecule has 76 valence electrons. The van der Waals surface area contributed by atoms with Crippen LogP contribution in [0.4, 0.5) is 0 Å². The van der Waals surface area contributed by atoms with E-state index in [2.05, 4.69) is 0 Å². The Kier molecular flexibility index (Phi) is 6.98. The Hall–Kier alpha value is -0.480. The van der Waals surface area contributed by atoms with Crippen LogP contribution in [-0.2, 0) is 0 Å². The third-order valence-corrected chi connectivity index (χ3v) is 1.07. The van der Waals surface area contributed by atoms with Gasteiger partial charge in [-0.1, -0.05) is 18.2 Å². The van der Waals surface area contributed by atoms with Gasteiger partial charge in [0.2, 0.25) is 0 Å². The van der Waals surface area contributed by atoms with Crippen LogP contribution in [0.5, 0.6) is 5.75 Å². The highest BCUT2D eigenvalue weighted by molar-refractivity contribution is 5.85. The molecule has 1 atom stereocenters. The van der Waals surface area contributed by atoms with E-state index in [0.717, 1.165) is 0 Å². The van der Waals surface area contributed by atoms with Crippen molar-refractivity contribution in [1.29, 1.82) is 0 Å². The van der Waals surface area contributed by atoms with Gasteiger partial charge in [0.05, 0.1) is 0 Å². The molecule has 0 spiro atoms. The van der Waals surface area contributed by atoms with Gasteiger partial charge in [0, 0.05) is 6.92 Å². The lowest BCUT2D eigenvalue weighted by atomic mass is 10.3. The van der Waals surface area contributed by atoms with E-state index < -0.39 is 5.91 Å². The van der Waals surface area contributed by atoms with E-state index in [1.165, 1.54) is 6.92 Å². The SMILES string of the molecule is CC(N)(O)Oc1ccccc1.Cl.Cl. The smallest absolute Gasteiger partial charge is 0.262 e. The minimum absolute atomic E-state index is 0. The Morgan fingerprint density at radius 1 is 1.23 bits per heavy atom. The minimum atomic E-state index is -1.60. The molecule has 0 fully saturated rings. The largest absolute Gasteiger partial charge is 0.450 e. The Morgan fingerprint density at radius 3 is 2.08 bits per heavy atom. The van der Waals surface area contributed by atoms with Gasteiger partial charge in [-0.05, 0) is 12.1 Å². The van der Waals surface area contributed by atoms with Gasteiger partial charge in [-0.25, -0.2) is 0 Å². The molecule has 3 nitrogen and oxygen atoms in total. The van der Waals surface area contributed by atoms with Crippen LogP contribution in [0.3, 0.4) is 0 Å². The fraction of sp³-hybridized carbons (Fsp3) is 0.250. The molecule has 0 saturated carbocycles. The van der Waals surface area contributed by atoms with Crippen LogP contribution >= 0.6 is 24.8 Å². The fourth-order valence-corrected chi connectivity index (χ4v) is 0.727. The van der Waals surface area contributed by atoms with E-state index >= 15 is 0 Å². The quantitative estimate of drug-likeness (QED) is 0.752. The lowest BCUT2D eigenvalue weighted by molar-refractivity contribution is -0.115. The number of rotatable bonds is 2. The fourth-order valence-electron chi connectivity index (χ4n) is 0.727. The lowest BCUT2D eigenvalue weighted by Crippen LogP contribution is -2.41. The second-order valence-electron chi connectivity index (χ2n) is 2.47. The molecule has 0 radical (unpaired) electrons. The Labute approximate surface area is 89.7 Å². The van der Waals surface area contributed by atoms with Crippen molar-refractivity contribution in [2.24, 2.45) is 5.73 Å². The van der Waals surface area contributed by atoms with E-state index in [9.17, 15) is 0 Å². The van der Waals surface area contributed by atoms with Crippen LogP contribution in [0.25, 0.3) is 0 Å². The van der Waals surface area contributed by atoms with Crippen LogP contribution < -0.4 is 10.5 Å². The van der Waals surface area contributed by atoms with Gasteiger partial charge in [-0.2, -0.15) is 0 Å². The number of hydrogen-bond donors (Lipinski definition) is 2. The molecule has 1 rings (SSSR count). The summed E-state index contributed by atoms with van der Waals surface area (Å²) in [5.74, 6) is -1.04. The monoisotopic (exact) mass is 225 g/mol. The highest BCUT2D eigenvalue weighted by Crippen LogP contribution is 2.11. The molecule has 1 aromatic carbocycles. The maximum absolute atomic E-state index is 9.03. The number of benzene rings is 1. The first kappa shape index (κ1) is 15.0. The number of para-hydroxylation sites is 1. The first-order chi connectivity index (χ1) is 5.08. The summed E-state index contributed by atoms with van der Waals surface area (Å²) in [6.07, 6.45) is 0. The topological polar surface area (TPSA) is 55.5 Å². The molecule has 5 heteroatoms. The predicted octanol–water partition coefficient (Wildman–Crippen LogP) is 1.53. The van der Waals surface area contributed by atoms with Gasteiger partial charge < -0.3 is 9.84 Å². The van der Waals surface area contributed by atoms with Gasteiger partial charge in [-0.15, -0.1) is 24.8 Å². The zero-order chi connectivity index (χ0) is 8.32. The van der Waals surface area contributed by atoms with Crippen molar-refractivity contribution in [3.8, 4) is 5.75 Å². The molecule has 0 heterocycles. The molecule has 3 N–H and O–H groups in total. The molecule has 13 heavy (non-hydrogen) atoms. The van der Waals surface area contributed by atoms with Crippen molar-refractivity contribution in [3.05, 3.63) is 30.3 Å². The third kappa shape index (κ3) is 6.66.